The molecule has 0 radical (unpaired) electrons. The number of fused-ring (bicyclic) bond motifs is 1. The van der Waals surface area contributed by atoms with Gasteiger partial charge >= 0.3 is 0 Å². The average Bonchev–Trinajstić information content (AvgIpc) is 3.29. The number of thiazole rings is 1. The Morgan fingerprint density at radius 2 is 1.91 bits per heavy atom. The number of nitrogens with zero attached hydrogens (tertiary/aromatic N) is 4. The van der Waals surface area contributed by atoms with Crippen molar-refractivity contribution >= 4 is 33.3 Å². The van der Waals surface area contributed by atoms with Crippen LogP contribution in [0.4, 0.5) is 11.8 Å². The number of aryl methyl sites for hydroxylation is 2. The zero-order chi connectivity index (χ0) is 23.3. The van der Waals surface area contributed by atoms with Gasteiger partial charge in [-0.25, -0.2) is 9.97 Å². The number of pyridine rings is 1. The van der Waals surface area contributed by atoms with Gasteiger partial charge in [0.15, 0.2) is 0 Å². The molecule has 0 aromatic carbocycles. The second-order valence-corrected chi connectivity index (χ2v) is 10.6. The van der Waals surface area contributed by atoms with Crippen LogP contribution in [-0.2, 0) is 0 Å². The zero-order valence-electron chi connectivity index (χ0n) is 19.0. The Labute approximate surface area is 196 Å². The highest BCUT2D eigenvalue weighted by Crippen LogP contribution is 2.40. The summed E-state index contributed by atoms with van der Waals surface area (Å²) >= 11 is 1.55. The molecule has 5 N–H and O–H groups in total. The number of hydrogen-bond acceptors (Lipinski definition) is 10. The van der Waals surface area contributed by atoms with Gasteiger partial charge in [0.05, 0.1) is 33.8 Å². The minimum absolute atomic E-state index is 0.0189. The van der Waals surface area contributed by atoms with Crippen LogP contribution in [0, 0.1) is 19.8 Å². The van der Waals surface area contributed by atoms with E-state index in [1.165, 1.54) is 6.42 Å². The van der Waals surface area contributed by atoms with Gasteiger partial charge in [0.1, 0.15) is 22.4 Å². The molecule has 2 saturated carbocycles. The SMILES string of the molecule is Cc1nc(NC2(C)CCC2)nc(N[C@@H]2C[C@H](CO)[C@@H](O)[C@H]2O)c1-c1nc2c(C)nccc2s1. The monoisotopic (exact) mass is 470 g/mol. The number of hydrogen-bond donors (Lipinski definition) is 5. The summed E-state index contributed by atoms with van der Waals surface area (Å²) in [6.45, 7) is 5.86. The van der Waals surface area contributed by atoms with Crippen LogP contribution in [0.25, 0.3) is 20.8 Å². The summed E-state index contributed by atoms with van der Waals surface area (Å²) in [5, 5.41) is 38.1. The van der Waals surface area contributed by atoms with Crippen molar-refractivity contribution in [3.05, 3.63) is 23.7 Å². The van der Waals surface area contributed by atoms with Crippen molar-refractivity contribution in [3.8, 4) is 10.6 Å². The van der Waals surface area contributed by atoms with Crippen molar-refractivity contribution in [2.24, 2.45) is 5.92 Å². The lowest BCUT2D eigenvalue weighted by molar-refractivity contribution is 0.00446. The van der Waals surface area contributed by atoms with Crippen LogP contribution in [0.1, 0.15) is 44.0 Å². The first-order chi connectivity index (χ1) is 15.8. The second-order valence-electron chi connectivity index (χ2n) is 9.57. The molecule has 0 unspecified atom stereocenters. The molecule has 5 rings (SSSR count). The lowest BCUT2D eigenvalue weighted by Crippen LogP contribution is -2.42. The van der Waals surface area contributed by atoms with Crippen LogP contribution in [-0.4, -0.2) is 65.7 Å². The van der Waals surface area contributed by atoms with E-state index in [0.29, 0.717) is 18.2 Å². The van der Waals surface area contributed by atoms with Crippen molar-refractivity contribution < 1.29 is 15.3 Å². The zero-order valence-corrected chi connectivity index (χ0v) is 19.9. The Kier molecular flexibility index (Phi) is 5.72. The van der Waals surface area contributed by atoms with Crippen molar-refractivity contribution in [3.63, 3.8) is 0 Å². The Morgan fingerprint density at radius 1 is 1.12 bits per heavy atom. The standard InChI is InChI=1S/C23H30N6O3S/c1-11-16(21-27-17-12(2)24-8-5-15(17)33-21)20(26-14-9-13(10-30)18(31)19(14)32)28-22(25-11)29-23(3)6-4-7-23/h5,8,13-14,18-19,30-32H,4,6-7,9-10H2,1-3H3,(H2,25,26,28,29)/t13-,14-,18-,19+/m1/s1. The molecular formula is C23H30N6O3S. The number of nitrogens with one attached hydrogen (secondary N) is 2. The molecule has 0 bridgehead atoms. The van der Waals surface area contributed by atoms with Gasteiger partial charge in [0.2, 0.25) is 5.95 Å². The van der Waals surface area contributed by atoms with E-state index in [1.807, 2.05) is 19.9 Å². The Hall–Kier alpha value is -2.40. The van der Waals surface area contributed by atoms with E-state index >= 15 is 0 Å². The predicted molar refractivity (Wildman–Crippen MR) is 128 cm³/mol. The summed E-state index contributed by atoms with van der Waals surface area (Å²) in [4.78, 5) is 18.7. The highest BCUT2D eigenvalue weighted by Gasteiger charge is 2.42. The number of aliphatic hydroxyl groups is 3. The number of aliphatic hydroxyl groups excluding tert-OH is 3. The Morgan fingerprint density at radius 3 is 2.55 bits per heavy atom. The highest BCUT2D eigenvalue weighted by atomic mass is 32.1. The minimum atomic E-state index is -1.01. The van der Waals surface area contributed by atoms with Gasteiger partial charge in [-0.05, 0) is 52.5 Å². The van der Waals surface area contributed by atoms with Crippen LogP contribution in [0.3, 0.4) is 0 Å². The maximum absolute atomic E-state index is 10.6. The Bertz CT molecular complexity index is 1180. The number of rotatable bonds is 6. The van der Waals surface area contributed by atoms with Crippen molar-refractivity contribution in [2.75, 3.05) is 17.2 Å². The van der Waals surface area contributed by atoms with E-state index in [4.69, 9.17) is 15.0 Å². The molecule has 33 heavy (non-hydrogen) atoms. The van der Waals surface area contributed by atoms with E-state index in [-0.39, 0.29) is 18.1 Å². The van der Waals surface area contributed by atoms with Gasteiger partial charge in [-0.1, -0.05) is 0 Å². The molecule has 10 heteroatoms. The summed E-state index contributed by atoms with van der Waals surface area (Å²) in [5.41, 5.74) is 3.24. The first kappa shape index (κ1) is 22.4. The summed E-state index contributed by atoms with van der Waals surface area (Å²) < 4.78 is 1.03. The molecule has 2 fully saturated rings. The van der Waals surface area contributed by atoms with Gasteiger partial charge in [-0.15, -0.1) is 11.3 Å². The quantitative estimate of drug-likeness (QED) is 0.368. The predicted octanol–water partition coefficient (Wildman–Crippen LogP) is 2.63. The molecule has 3 aromatic rings. The first-order valence-corrected chi connectivity index (χ1v) is 12.2. The van der Waals surface area contributed by atoms with Crippen molar-refractivity contribution in [1.82, 2.24) is 19.9 Å². The minimum Gasteiger partial charge on any atom is -0.396 e. The van der Waals surface area contributed by atoms with Gasteiger partial charge in [-0.2, -0.15) is 4.98 Å². The van der Waals surface area contributed by atoms with E-state index in [2.05, 4.69) is 22.5 Å². The maximum Gasteiger partial charge on any atom is 0.225 e. The molecule has 0 spiro atoms. The van der Waals surface area contributed by atoms with E-state index in [1.54, 1.807) is 17.5 Å². The summed E-state index contributed by atoms with van der Waals surface area (Å²) in [6, 6.07) is 1.50. The van der Waals surface area contributed by atoms with Gasteiger partial charge < -0.3 is 26.0 Å². The molecule has 0 aliphatic heterocycles. The molecule has 2 aliphatic carbocycles. The van der Waals surface area contributed by atoms with Crippen molar-refractivity contribution in [1.29, 1.82) is 0 Å². The van der Waals surface area contributed by atoms with Crippen LogP contribution in [0.2, 0.25) is 0 Å². The van der Waals surface area contributed by atoms with E-state index in [9.17, 15) is 15.3 Å². The number of aromatic nitrogens is 4. The average molecular weight is 471 g/mol. The third-order valence-corrected chi connectivity index (χ3v) is 8.06. The third-order valence-electron chi connectivity index (χ3n) is 7.02. The molecule has 9 nitrogen and oxygen atoms in total. The van der Waals surface area contributed by atoms with Crippen LogP contribution < -0.4 is 10.6 Å². The van der Waals surface area contributed by atoms with Crippen molar-refractivity contribution in [2.45, 2.75) is 70.2 Å². The molecule has 2 aliphatic rings. The topological polar surface area (TPSA) is 136 Å². The molecule has 3 aromatic heterocycles. The fraction of sp³-hybridized carbons (Fsp3) is 0.565. The van der Waals surface area contributed by atoms with Crippen LogP contribution in [0.15, 0.2) is 12.3 Å². The third kappa shape index (κ3) is 4.05. The summed E-state index contributed by atoms with van der Waals surface area (Å²) in [5.74, 6) is 0.714. The van der Waals surface area contributed by atoms with Gasteiger partial charge in [-0.3, -0.25) is 4.98 Å². The van der Waals surface area contributed by atoms with Crippen LogP contribution in [0.5, 0.6) is 0 Å². The summed E-state index contributed by atoms with van der Waals surface area (Å²) in [6.07, 6.45) is 3.53. The molecular weight excluding hydrogens is 440 g/mol. The lowest BCUT2D eigenvalue weighted by atomic mass is 9.79. The maximum atomic E-state index is 10.6. The highest BCUT2D eigenvalue weighted by molar-refractivity contribution is 7.21. The van der Waals surface area contributed by atoms with Crippen LogP contribution >= 0.6 is 11.3 Å². The van der Waals surface area contributed by atoms with E-state index in [0.717, 1.165) is 45.0 Å². The lowest BCUT2D eigenvalue weighted by Gasteiger charge is -2.39. The van der Waals surface area contributed by atoms with Gasteiger partial charge in [0, 0.05) is 24.3 Å². The second kappa shape index (κ2) is 8.43. The molecule has 4 atom stereocenters. The largest absolute Gasteiger partial charge is 0.396 e. The van der Waals surface area contributed by atoms with Gasteiger partial charge in [0.25, 0.3) is 0 Å². The smallest absolute Gasteiger partial charge is 0.225 e. The molecule has 0 saturated heterocycles. The molecule has 0 amide bonds. The molecule has 3 heterocycles. The Balaban J connectivity index is 1.57. The normalized spacial score (nSPS) is 26.4. The summed E-state index contributed by atoms with van der Waals surface area (Å²) in [7, 11) is 0. The first-order valence-electron chi connectivity index (χ1n) is 11.4. The molecule has 176 valence electrons. The number of anilines is 2. The fourth-order valence-electron chi connectivity index (χ4n) is 4.80. The van der Waals surface area contributed by atoms with E-state index < -0.39 is 18.2 Å². The fourth-order valence-corrected chi connectivity index (χ4v) is 5.92.